The molecule has 1 rings (SSSR count). The molecule has 0 bridgehead atoms. The first-order valence-corrected chi connectivity index (χ1v) is 7.83. The van der Waals surface area contributed by atoms with Gasteiger partial charge in [-0.25, -0.2) is 0 Å². The van der Waals surface area contributed by atoms with Crippen LogP contribution in [0.1, 0.15) is 32.2 Å². The van der Waals surface area contributed by atoms with Crippen LogP contribution in [-0.2, 0) is 6.42 Å². The van der Waals surface area contributed by atoms with Crippen LogP contribution in [-0.4, -0.2) is 33.8 Å². The van der Waals surface area contributed by atoms with Crippen molar-refractivity contribution in [2.75, 3.05) is 18.5 Å². The highest BCUT2D eigenvalue weighted by Gasteiger charge is 2.19. The molecule has 0 saturated carbocycles. The predicted octanol–water partition coefficient (Wildman–Crippen LogP) is 2.17. The number of anilines is 1. The number of nitrogen functional groups attached to an aromatic ring is 1. The highest BCUT2D eigenvalue weighted by Crippen LogP contribution is 2.26. The van der Waals surface area contributed by atoms with Crippen LogP contribution in [0, 0.1) is 0 Å². The summed E-state index contributed by atoms with van der Waals surface area (Å²) in [6.07, 6.45) is 4.22. The molecule has 0 amide bonds. The van der Waals surface area contributed by atoms with E-state index in [1.54, 1.807) is 0 Å². The van der Waals surface area contributed by atoms with E-state index < -0.39 is 0 Å². The third-order valence-electron chi connectivity index (χ3n) is 2.66. The second kappa shape index (κ2) is 6.56. The first-order chi connectivity index (χ1) is 7.93. The van der Waals surface area contributed by atoms with Gasteiger partial charge in [0.15, 0.2) is 0 Å². The van der Waals surface area contributed by atoms with Crippen LogP contribution in [0.4, 0.5) is 5.13 Å². The molecule has 0 spiro atoms. The molecule has 4 nitrogen and oxygen atoms in total. The average Bonchev–Trinajstić information content (AvgIpc) is 2.63. The summed E-state index contributed by atoms with van der Waals surface area (Å²) in [4.78, 5) is 0. The van der Waals surface area contributed by atoms with Gasteiger partial charge in [0.1, 0.15) is 5.01 Å². The summed E-state index contributed by atoms with van der Waals surface area (Å²) >= 11 is 3.38. The smallest absolute Gasteiger partial charge is 0.203 e. The van der Waals surface area contributed by atoms with Crippen molar-refractivity contribution < 1.29 is 0 Å². The Morgan fingerprint density at radius 3 is 2.71 bits per heavy atom. The lowest BCUT2D eigenvalue weighted by atomic mass is 10.0. The standard InChI is InChI=1S/C11H22N4S2/c1-8(7-11(2,3)16-4)13-6-5-9-14-15-10(12)17-9/h8,13H,5-7H2,1-4H3,(H2,12,15). The Labute approximate surface area is 112 Å². The van der Waals surface area contributed by atoms with E-state index in [1.165, 1.54) is 11.3 Å². The lowest BCUT2D eigenvalue weighted by Crippen LogP contribution is -2.34. The SMILES string of the molecule is CSC(C)(C)CC(C)NCCc1nnc(N)s1. The van der Waals surface area contributed by atoms with Gasteiger partial charge in [0.25, 0.3) is 0 Å². The number of nitrogens with zero attached hydrogens (tertiary/aromatic N) is 2. The summed E-state index contributed by atoms with van der Waals surface area (Å²) in [6.45, 7) is 7.72. The molecule has 6 heteroatoms. The number of nitrogens with two attached hydrogens (primary N) is 1. The molecule has 1 atom stereocenters. The van der Waals surface area contributed by atoms with Crippen molar-refractivity contribution >= 4 is 28.2 Å². The third-order valence-corrected chi connectivity index (χ3v) is 4.75. The molecule has 1 aromatic rings. The van der Waals surface area contributed by atoms with Crippen LogP contribution in [0.2, 0.25) is 0 Å². The maximum Gasteiger partial charge on any atom is 0.203 e. The number of rotatable bonds is 7. The summed E-state index contributed by atoms with van der Waals surface area (Å²) < 4.78 is 0.333. The molecule has 0 saturated heterocycles. The zero-order valence-corrected chi connectivity index (χ0v) is 12.6. The van der Waals surface area contributed by atoms with Crippen molar-refractivity contribution in [1.82, 2.24) is 15.5 Å². The molecular weight excluding hydrogens is 252 g/mol. The zero-order chi connectivity index (χ0) is 12.9. The van der Waals surface area contributed by atoms with Crippen molar-refractivity contribution in [2.45, 2.75) is 44.4 Å². The Kier molecular flexibility index (Phi) is 5.69. The van der Waals surface area contributed by atoms with E-state index in [0.29, 0.717) is 15.9 Å². The lowest BCUT2D eigenvalue weighted by molar-refractivity contribution is 0.469. The van der Waals surface area contributed by atoms with Crippen LogP contribution in [0.5, 0.6) is 0 Å². The van der Waals surface area contributed by atoms with E-state index in [-0.39, 0.29) is 0 Å². The van der Waals surface area contributed by atoms with Crippen molar-refractivity contribution in [3.05, 3.63) is 5.01 Å². The Balaban J connectivity index is 2.22. The highest BCUT2D eigenvalue weighted by molar-refractivity contribution is 7.99. The second-order valence-corrected chi connectivity index (χ2v) is 7.41. The van der Waals surface area contributed by atoms with Gasteiger partial charge < -0.3 is 11.1 Å². The van der Waals surface area contributed by atoms with Crippen LogP contribution < -0.4 is 11.1 Å². The van der Waals surface area contributed by atoms with Crippen molar-refractivity contribution in [3.63, 3.8) is 0 Å². The number of hydrogen-bond acceptors (Lipinski definition) is 6. The Hall–Kier alpha value is -0.330. The van der Waals surface area contributed by atoms with E-state index in [9.17, 15) is 0 Å². The first-order valence-electron chi connectivity index (χ1n) is 5.79. The number of hydrogen-bond donors (Lipinski definition) is 2. The highest BCUT2D eigenvalue weighted by atomic mass is 32.2. The van der Waals surface area contributed by atoms with Crippen LogP contribution in [0.25, 0.3) is 0 Å². The van der Waals surface area contributed by atoms with Gasteiger partial charge in [-0.2, -0.15) is 11.8 Å². The molecule has 1 aromatic heterocycles. The minimum absolute atomic E-state index is 0.333. The molecule has 17 heavy (non-hydrogen) atoms. The first kappa shape index (κ1) is 14.7. The summed E-state index contributed by atoms with van der Waals surface area (Å²) in [6, 6.07) is 0.516. The third kappa shape index (κ3) is 5.70. The topological polar surface area (TPSA) is 63.8 Å². The van der Waals surface area contributed by atoms with Crippen LogP contribution in [0.3, 0.4) is 0 Å². The van der Waals surface area contributed by atoms with E-state index in [0.717, 1.165) is 24.4 Å². The van der Waals surface area contributed by atoms with Gasteiger partial charge in [0.2, 0.25) is 5.13 Å². The van der Waals surface area contributed by atoms with Crippen molar-refractivity contribution in [2.24, 2.45) is 0 Å². The fraction of sp³-hybridized carbons (Fsp3) is 0.818. The summed E-state index contributed by atoms with van der Waals surface area (Å²) in [5, 5.41) is 12.9. The largest absolute Gasteiger partial charge is 0.374 e. The predicted molar refractivity (Wildman–Crippen MR) is 77.7 cm³/mol. The van der Waals surface area contributed by atoms with Crippen LogP contribution >= 0.6 is 23.1 Å². The molecular formula is C11H22N4S2. The lowest BCUT2D eigenvalue weighted by Gasteiger charge is -2.26. The molecule has 0 fully saturated rings. The van der Waals surface area contributed by atoms with Gasteiger partial charge in [-0.05, 0) is 19.6 Å². The van der Waals surface area contributed by atoms with Gasteiger partial charge in [-0.3, -0.25) is 0 Å². The molecule has 3 N–H and O–H groups in total. The normalized spacial score (nSPS) is 13.9. The van der Waals surface area contributed by atoms with E-state index in [2.05, 4.69) is 42.5 Å². The molecule has 0 aromatic carbocycles. The quantitative estimate of drug-likeness (QED) is 0.798. The van der Waals surface area contributed by atoms with Gasteiger partial charge in [0.05, 0.1) is 0 Å². The second-order valence-electron chi connectivity index (χ2n) is 4.81. The summed E-state index contributed by atoms with van der Waals surface area (Å²) in [7, 11) is 0. The van der Waals surface area contributed by atoms with E-state index in [4.69, 9.17) is 5.73 Å². The Morgan fingerprint density at radius 1 is 1.47 bits per heavy atom. The van der Waals surface area contributed by atoms with Crippen molar-refractivity contribution in [1.29, 1.82) is 0 Å². The molecule has 0 radical (unpaired) electrons. The average molecular weight is 274 g/mol. The number of nitrogens with one attached hydrogen (secondary N) is 1. The van der Waals surface area contributed by atoms with Gasteiger partial charge >= 0.3 is 0 Å². The summed E-state index contributed by atoms with van der Waals surface area (Å²) in [5.74, 6) is 0. The number of aromatic nitrogens is 2. The maximum atomic E-state index is 5.53. The fourth-order valence-corrected chi connectivity index (χ4v) is 2.71. The molecule has 0 aliphatic carbocycles. The Morgan fingerprint density at radius 2 is 2.18 bits per heavy atom. The minimum Gasteiger partial charge on any atom is -0.374 e. The minimum atomic E-state index is 0.333. The molecule has 0 aliphatic heterocycles. The molecule has 98 valence electrons. The van der Waals surface area contributed by atoms with Gasteiger partial charge in [-0.1, -0.05) is 25.2 Å². The van der Waals surface area contributed by atoms with Crippen molar-refractivity contribution in [3.8, 4) is 0 Å². The zero-order valence-electron chi connectivity index (χ0n) is 11.0. The molecule has 1 heterocycles. The Bertz CT molecular complexity index is 338. The van der Waals surface area contributed by atoms with E-state index in [1.807, 2.05) is 11.8 Å². The molecule has 1 unspecified atom stereocenters. The maximum absolute atomic E-state index is 5.53. The van der Waals surface area contributed by atoms with Crippen LogP contribution in [0.15, 0.2) is 0 Å². The number of thioether (sulfide) groups is 1. The van der Waals surface area contributed by atoms with E-state index >= 15 is 0 Å². The van der Waals surface area contributed by atoms with Gasteiger partial charge in [-0.15, -0.1) is 10.2 Å². The molecule has 0 aliphatic rings. The summed E-state index contributed by atoms with van der Waals surface area (Å²) in [5.41, 5.74) is 5.53. The van der Waals surface area contributed by atoms with Gasteiger partial charge in [0, 0.05) is 23.8 Å². The fourth-order valence-electron chi connectivity index (χ4n) is 1.69. The monoisotopic (exact) mass is 274 g/mol.